The van der Waals surface area contributed by atoms with E-state index in [4.69, 9.17) is 0 Å². The van der Waals surface area contributed by atoms with Crippen LogP contribution in [0, 0.1) is 0 Å². The Morgan fingerprint density at radius 1 is 1.08 bits per heavy atom. The molecule has 0 radical (unpaired) electrons. The van der Waals surface area contributed by atoms with Gasteiger partial charge in [0.05, 0.1) is 0 Å². The third-order valence-electron chi connectivity index (χ3n) is 2.24. The predicted molar refractivity (Wildman–Crippen MR) is 56.5 cm³/mol. The molecule has 0 heteroatoms. The van der Waals surface area contributed by atoms with Crippen LogP contribution in [0.5, 0.6) is 0 Å². The second-order valence-corrected chi connectivity index (χ2v) is 3.24. The predicted octanol–water partition coefficient (Wildman–Crippen LogP) is 3.28. The highest BCUT2D eigenvalue weighted by Crippen LogP contribution is 2.20. The van der Waals surface area contributed by atoms with E-state index in [1.807, 2.05) is 6.07 Å². The molecule has 64 valence electrons. The molecule has 1 aromatic rings. The van der Waals surface area contributed by atoms with Gasteiger partial charge in [-0.15, -0.1) is 0 Å². The van der Waals surface area contributed by atoms with Gasteiger partial charge in [-0.3, -0.25) is 0 Å². The molecule has 0 saturated heterocycles. The van der Waals surface area contributed by atoms with E-state index >= 15 is 0 Å². The van der Waals surface area contributed by atoms with Crippen molar-refractivity contribution in [3.8, 4) is 0 Å². The lowest BCUT2D eigenvalue weighted by molar-refractivity contribution is 1.19. The molecule has 0 saturated carbocycles. The molecule has 0 fully saturated rings. The molecule has 0 nitrogen and oxygen atoms in total. The molecule has 0 heterocycles. The van der Waals surface area contributed by atoms with Gasteiger partial charge < -0.3 is 0 Å². The Hall–Kier alpha value is -1.56. The quantitative estimate of drug-likeness (QED) is 0.635. The van der Waals surface area contributed by atoms with Crippen LogP contribution in [-0.4, -0.2) is 0 Å². The van der Waals surface area contributed by atoms with Gasteiger partial charge in [0.25, 0.3) is 0 Å². The molecular weight excluding hydrogens is 156 g/mol. The van der Waals surface area contributed by atoms with E-state index in [2.05, 4.69) is 49.1 Å². The number of rotatable bonds is 2. The lowest BCUT2D eigenvalue weighted by atomic mass is 10.0. The normalized spacial score (nSPS) is 14.8. The fourth-order valence-electron chi connectivity index (χ4n) is 1.48. The van der Waals surface area contributed by atoms with Crippen molar-refractivity contribution in [1.82, 2.24) is 0 Å². The van der Waals surface area contributed by atoms with Crippen LogP contribution in [0.15, 0.2) is 66.3 Å². The minimum absolute atomic E-state index is 0.993. The van der Waals surface area contributed by atoms with E-state index in [1.165, 1.54) is 11.1 Å². The molecule has 2 rings (SSSR count). The average molecular weight is 168 g/mol. The molecule has 0 amide bonds. The first-order valence-electron chi connectivity index (χ1n) is 4.47. The molecule has 0 atom stereocenters. The molecule has 1 aromatic carbocycles. The lowest BCUT2D eigenvalue weighted by Gasteiger charge is -2.03. The van der Waals surface area contributed by atoms with Crippen molar-refractivity contribution in [2.75, 3.05) is 0 Å². The Labute approximate surface area is 78.9 Å². The van der Waals surface area contributed by atoms with Crippen molar-refractivity contribution in [2.45, 2.75) is 6.42 Å². The largest absolute Gasteiger partial charge is 0.0915 e. The first-order chi connectivity index (χ1) is 6.36. The van der Waals surface area contributed by atoms with Crippen molar-refractivity contribution < 1.29 is 0 Å². The van der Waals surface area contributed by atoms with E-state index in [-0.39, 0.29) is 0 Å². The van der Waals surface area contributed by atoms with Crippen molar-refractivity contribution in [3.05, 3.63) is 71.8 Å². The van der Waals surface area contributed by atoms with E-state index in [0.717, 1.165) is 12.0 Å². The maximum absolute atomic E-state index is 3.98. The molecule has 0 unspecified atom stereocenters. The Bertz CT molecular complexity index is 366. The van der Waals surface area contributed by atoms with Crippen molar-refractivity contribution in [3.63, 3.8) is 0 Å². The van der Waals surface area contributed by atoms with Crippen molar-refractivity contribution in [2.24, 2.45) is 0 Å². The maximum Gasteiger partial charge on any atom is -0.00201 e. The summed E-state index contributed by atoms with van der Waals surface area (Å²) in [7, 11) is 0. The third-order valence-corrected chi connectivity index (χ3v) is 2.24. The number of allylic oxidation sites excluding steroid dienone is 5. The van der Waals surface area contributed by atoms with Gasteiger partial charge >= 0.3 is 0 Å². The lowest BCUT2D eigenvalue weighted by Crippen LogP contribution is -1.88. The Morgan fingerprint density at radius 3 is 2.46 bits per heavy atom. The van der Waals surface area contributed by atoms with Gasteiger partial charge in [0.1, 0.15) is 0 Å². The molecular formula is C13H12. The topological polar surface area (TPSA) is 0 Å². The summed E-state index contributed by atoms with van der Waals surface area (Å²) in [5.74, 6) is 0. The van der Waals surface area contributed by atoms with Gasteiger partial charge in [0.15, 0.2) is 0 Å². The van der Waals surface area contributed by atoms with Gasteiger partial charge in [-0.05, 0) is 23.1 Å². The summed E-state index contributed by atoms with van der Waals surface area (Å²) >= 11 is 0. The molecule has 0 N–H and O–H groups in total. The summed E-state index contributed by atoms with van der Waals surface area (Å²) in [6.45, 7) is 3.98. The SMILES string of the molecule is C=C1C=CC=C1Cc1ccccc1. The average Bonchev–Trinajstić information content (AvgIpc) is 2.54. The first-order valence-corrected chi connectivity index (χ1v) is 4.47. The number of hydrogen-bond acceptors (Lipinski definition) is 0. The second kappa shape index (κ2) is 3.44. The summed E-state index contributed by atoms with van der Waals surface area (Å²) in [4.78, 5) is 0. The Morgan fingerprint density at radius 2 is 1.85 bits per heavy atom. The molecule has 0 aliphatic heterocycles. The summed E-state index contributed by atoms with van der Waals surface area (Å²) in [6.07, 6.45) is 7.24. The fourth-order valence-corrected chi connectivity index (χ4v) is 1.48. The first kappa shape index (κ1) is 8.06. The third kappa shape index (κ3) is 1.78. The number of benzene rings is 1. The van der Waals surface area contributed by atoms with Crippen molar-refractivity contribution >= 4 is 0 Å². The van der Waals surface area contributed by atoms with Crippen LogP contribution in [-0.2, 0) is 6.42 Å². The van der Waals surface area contributed by atoms with Crippen LogP contribution in [0.3, 0.4) is 0 Å². The highest BCUT2D eigenvalue weighted by molar-refractivity contribution is 5.48. The maximum atomic E-state index is 3.98. The highest BCUT2D eigenvalue weighted by atomic mass is 14.1. The molecule has 0 bridgehead atoms. The molecule has 0 aromatic heterocycles. The monoisotopic (exact) mass is 168 g/mol. The van der Waals surface area contributed by atoms with Crippen molar-refractivity contribution in [1.29, 1.82) is 0 Å². The smallest absolute Gasteiger partial charge is 0.00201 e. The van der Waals surface area contributed by atoms with Crippen LogP contribution in [0.1, 0.15) is 5.56 Å². The van der Waals surface area contributed by atoms with E-state index in [0.29, 0.717) is 0 Å². The molecule has 1 aliphatic carbocycles. The van der Waals surface area contributed by atoms with Gasteiger partial charge in [-0.25, -0.2) is 0 Å². The molecule has 1 aliphatic rings. The van der Waals surface area contributed by atoms with Crippen LogP contribution >= 0.6 is 0 Å². The van der Waals surface area contributed by atoms with Crippen LogP contribution in [0.25, 0.3) is 0 Å². The van der Waals surface area contributed by atoms with E-state index < -0.39 is 0 Å². The minimum Gasteiger partial charge on any atom is -0.0915 e. The summed E-state index contributed by atoms with van der Waals surface area (Å²) in [5, 5.41) is 0. The van der Waals surface area contributed by atoms with Gasteiger partial charge in [0.2, 0.25) is 0 Å². The summed E-state index contributed by atoms with van der Waals surface area (Å²) in [5.41, 5.74) is 3.81. The zero-order valence-electron chi connectivity index (χ0n) is 7.53. The van der Waals surface area contributed by atoms with Crippen LogP contribution in [0.2, 0.25) is 0 Å². The highest BCUT2D eigenvalue weighted by Gasteiger charge is 2.04. The summed E-state index contributed by atoms with van der Waals surface area (Å²) < 4.78 is 0. The van der Waals surface area contributed by atoms with Gasteiger partial charge in [-0.2, -0.15) is 0 Å². The Kier molecular flexibility index (Phi) is 2.13. The van der Waals surface area contributed by atoms with Gasteiger partial charge in [0, 0.05) is 0 Å². The second-order valence-electron chi connectivity index (χ2n) is 3.24. The fraction of sp³-hybridized carbons (Fsp3) is 0.0769. The van der Waals surface area contributed by atoms with E-state index in [9.17, 15) is 0 Å². The Balaban J connectivity index is 2.12. The number of hydrogen-bond donors (Lipinski definition) is 0. The minimum atomic E-state index is 0.993. The summed E-state index contributed by atoms with van der Waals surface area (Å²) in [6, 6.07) is 10.5. The molecule has 13 heavy (non-hydrogen) atoms. The standard InChI is InChI=1S/C13H12/c1-11-6-5-9-13(11)10-12-7-3-2-4-8-12/h2-9H,1,10H2. The zero-order valence-corrected chi connectivity index (χ0v) is 7.53. The van der Waals surface area contributed by atoms with Gasteiger partial charge in [-0.1, -0.05) is 55.1 Å². The van der Waals surface area contributed by atoms with E-state index in [1.54, 1.807) is 0 Å². The molecule has 0 spiro atoms. The zero-order chi connectivity index (χ0) is 9.10. The van der Waals surface area contributed by atoms with Crippen LogP contribution < -0.4 is 0 Å². The van der Waals surface area contributed by atoms with Crippen LogP contribution in [0.4, 0.5) is 0 Å².